The molecule has 28 heavy (non-hydrogen) atoms. The van der Waals surface area contributed by atoms with E-state index in [0.29, 0.717) is 62.0 Å². The van der Waals surface area contributed by atoms with E-state index < -0.39 is 0 Å². The number of nitrogens with zero attached hydrogens (tertiary/aromatic N) is 5. The molecule has 146 valence electrons. The summed E-state index contributed by atoms with van der Waals surface area (Å²) >= 11 is 0. The average molecular weight is 382 g/mol. The fourth-order valence-electron chi connectivity index (χ4n) is 3.37. The van der Waals surface area contributed by atoms with E-state index in [9.17, 15) is 9.59 Å². The second kappa shape index (κ2) is 7.71. The van der Waals surface area contributed by atoms with E-state index in [0.717, 1.165) is 0 Å². The van der Waals surface area contributed by atoms with Crippen LogP contribution in [0.2, 0.25) is 0 Å². The van der Waals surface area contributed by atoms with Gasteiger partial charge in [-0.15, -0.1) is 0 Å². The summed E-state index contributed by atoms with van der Waals surface area (Å²) in [5.41, 5.74) is 1.14. The SMILES string of the molecule is CCn1c(=O)c(N2CCN(C(=O)NCc3ccco3)CC2)nc2cccnc21. The molecule has 1 aliphatic rings. The number of carbonyl (C=O) groups is 1. The molecular formula is C19H22N6O3. The molecule has 0 aliphatic carbocycles. The Morgan fingerprint density at radius 2 is 2.04 bits per heavy atom. The standard InChI is InChI=1S/C19H22N6O3/c1-2-25-16-15(6-3-7-20-16)22-17(18(25)26)23-8-10-24(11-9-23)19(27)21-13-14-5-4-12-28-14/h3-7,12H,2,8-11,13H2,1H3,(H,21,27). The van der Waals surface area contributed by atoms with Gasteiger partial charge in [-0.3, -0.25) is 9.36 Å². The number of aromatic nitrogens is 3. The highest BCUT2D eigenvalue weighted by Crippen LogP contribution is 2.14. The molecule has 4 rings (SSSR count). The fourth-order valence-corrected chi connectivity index (χ4v) is 3.37. The number of hydrogen-bond donors (Lipinski definition) is 1. The molecule has 3 aromatic rings. The maximum Gasteiger partial charge on any atom is 0.317 e. The van der Waals surface area contributed by atoms with Gasteiger partial charge in [0, 0.05) is 38.9 Å². The van der Waals surface area contributed by atoms with Gasteiger partial charge in [0.15, 0.2) is 11.5 Å². The van der Waals surface area contributed by atoms with Gasteiger partial charge in [0.25, 0.3) is 5.56 Å². The van der Waals surface area contributed by atoms with E-state index in [-0.39, 0.29) is 11.6 Å². The molecule has 1 saturated heterocycles. The molecule has 0 atom stereocenters. The number of nitrogens with one attached hydrogen (secondary N) is 1. The van der Waals surface area contributed by atoms with Crippen LogP contribution < -0.4 is 15.8 Å². The van der Waals surface area contributed by atoms with Crippen molar-refractivity contribution < 1.29 is 9.21 Å². The number of piperazine rings is 1. The highest BCUT2D eigenvalue weighted by molar-refractivity contribution is 5.75. The van der Waals surface area contributed by atoms with Crippen LogP contribution in [0.4, 0.5) is 10.6 Å². The molecule has 1 aliphatic heterocycles. The summed E-state index contributed by atoms with van der Waals surface area (Å²) in [4.78, 5) is 37.7. The van der Waals surface area contributed by atoms with E-state index in [4.69, 9.17) is 4.42 Å². The number of aryl methyl sites for hydroxylation is 1. The number of furan rings is 1. The predicted molar refractivity (Wildman–Crippen MR) is 104 cm³/mol. The van der Waals surface area contributed by atoms with E-state index in [1.54, 1.807) is 28.0 Å². The zero-order chi connectivity index (χ0) is 19.5. The largest absolute Gasteiger partial charge is 0.467 e. The minimum atomic E-state index is -0.149. The Morgan fingerprint density at radius 3 is 2.75 bits per heavy atom. The van der Waals surface area contributed by atoms with Gasteiger partial charge in [-0.2, -0.15) is 0 Å². The third-order valence-corrected chi connectivity index (χ3v) is 4.86. The van der Waals surface area contributed by atoms with Crippen LogP contribution in [0.15, 0.2) is 45.9 Å². The molecule has 2 amide bonds. The maximum absolute atomic E-state index is 12.9. The van der Waals surface area contributed by atoms with Gasteiger partial charge in [-0.1, -0.05) is 0 Å². The minimum absolute atomic E-state index is 0.141. The van der Waals surface area contributed by atoms with Crippen LogP contribution in [0.1, 0.15) is 12.7 Å². The van der Waals surface area contributed by atoms with Crippen molar-refractivity contribution in [2.45, 2.75) is 20.0 Å². The first-order valence-electron chi connectivity index (χ1n) is 9.33. The van der Waals surface area contributed by atoms with Gasteiger partial charge < -0.3 is 19.5 Å². The highest BCUT2D eigenvalue weighted by atomic mass is 16.3. The van der Waals surface area contributed by atoms with Crippen molar-refractivity contribution in [1.29, 1.82) is 0 Å². The summed E-state index contributed by atoms with van der Waals surface area (Å²) in [6, 6.07) is 7.13. The van der Waals surface area contributed by atoms with Crippen LogP contribution in [-0.2, 0) is 13.1 Å². The molecule has 9 nitrogen and oxygen atoms in total. The van der Waals surface area contributed by atoms with Crippen LogP contribution in [-0.4, -0.2) is 51.6 Å². The zero-order valence-electron chi connectivity index (χ0n) is 15.7. The fraction of sp³-hybridized carbons (Fsp3) is 0.368. The van der Waals surface area contributed by atoms with Crippen LogP contribution in [0.5, 0.6) is 0 Å². The van der Waals surface area contributed by atoms with Gasteiger partial charge in [0.05, 0.1) is 12.8 Å². The molecule has 4 heterocycles. The molecule has 0 spiro atoms. The number of urea groups is 1. The van der Waals surface area contributed by atoms with Crippen molar-refractivity contribution in [3.05, 3.63) is 52.8 Å². The van der Waals surface area contributed by atoms with Gasteiger partial charge in [-0.05, 0) is 31.2 Å². The zero-order valence-corrected chi connectivity index (χ0v) is 15.7. The Hall–Kier alpha value is -3.36. The highest BCUT2D eigenvalue weighted by Gasteiger charge is 2.24. The molecule has 0 saturated carbocycles. The van der Waals surface area contributed by atoms with Crippen molar-refractivity contribution in [2.75, 3.05) is 31.1 Å². The Kier molecular flexibility index (Phi) is 4.96. The quantitative estimate of drug-likeness (QED) is 0.733. The van der Waals surface area contributed by atoms with Gasteiger partial charge in [0.1, 0.15) is 11.3 Å². The number of hydrogen-bond acceptors (Lipinski definition) is 6. The second-order valence-electron chi connectivity index (χ2n) is 6.54. The van der Waals surface area contributed by atoms with Crippen molar-refractivity contribution in [1.82, 2.24) is 24.8 Å². The molecule has 1 fully saturated rings. The molecule has 9 heteroatoms. The first-order chi connectivity index (χ1) is 13.7. The predicted octanol–water partition coefficient (Wildman–Crippen LogP) is 1.44. The molecular weight excluding hydrogens is 360 g/mol. The Bertz CT molecular complexity index is 1020. The second-order valence-corrected chi connectivity index (χ2v) is 6.54. The lowest BCUT2D eigenvalue weighted by molar-refractivity contribution is 0.193. The average Bonchev–Trinajstić information content (AvgIpc) is 3.25. The molecule has 1 N–H and O–H groups in total. The summed E-state index contributed by atoms with van der Waals surface area (Å²) in [7, 11) is 0. The van der Waals surface area contributed by atoms with E-state index >= 15 is 0 Å². The van der Waals surface area contributed by atoms with Crippen molar-refractivity contribution in [3.8, 4) is 0 Å². The minimum Gasteiger partial charge on any atom is -0.467 e. The third-order valence-electron chi connectivity index (χ3n) is 4.86. The first kappa shape index (κ1) is 18.0. The summed E-state index contributed by atoms with van der Waals surface area (Å²) in [6.07, 6.45) is 3.24. The number of carbonyl (C=O) groups excluding carboxylic acids is 1. The summed E-state index contributed by atoms with van der Waals surface area (Å²) < 4.78 is 6.86. The van der Waals surface area contributed by atoms with E-state index in [1.165, 1.54) is 0 Å². The maximum atomic E-state index is 12.9. The lowest BCUT2D eigenvalue weighted by Crippen LogP contribution is -2.53. The Labute approximate surface area is 161 Å². The van der Waals surface area contributed by atoms with Gasteiger partial charge in [0.2, 0.25) is 0 Å². The normalized spacial score (nSPS) is 14.5. The van der Waals surface area contributed by atoms with Crippen molar-refractivity contribution >= 4 is 23.0 Å². The van der Waals surface area contributed by atoms with Crippen molar-refractivity contribution in [3.63, 3.8) is 0 Å². The first-order valence-corrected chi connectivity index (χ1v) is 9.33. The lowest BCUT2D eigenvalue weighted by atomic mass is 10.3. The van der Waals surface area contributed by atoms with Crippen molar-refractivity contribution in [2.24, 2.45) is 0 Å². The smallest absolute Gasteiger partial charge is 0.317 e. The van der Waals surface area contributed by atoms with Crippen LogP contribution in [0, 0.1) is 0 Å². The molecule has 3 aromatic heterocycles. The van der Waals surface area contributed by atoms with Gasteiger partial charge in [-0.25, -0.2) is 14.8 Å². The summed E-state index contributed by atoms with van der Waals surface area (Å²) in [6.45, 7) is 4.92. The Morgan fingerprint density at radius 1 is 1.21 bits per heavy atom. The summed E-state index contributed by atoms with van der Waals surface area (Å²) in [5, 5.41) is 2.85. The van der Waals surface area contributed by atoms with E-state index in [1.807, 2.05) is 30.0 Å². The third kappa shape index (κ3) is 3.42. The van der Waals surface area contributed by atoms with E-state index in [2.05, 4.69) is 15.3 Å². The van der Waals surface area contributed by atoms with Crippen LogP contribution in [0.25, 0.3) is 11.2 Å². The molecule has 0 unspecified atom stereocenters. The lowest BCUT2D eigenvalue weighted by Gasteiger charge is -2.35. The number of fused-ring (bicyclic) bond motifs is 1. The monoisotopic (exact) mass is 382 g/mol. The number of amides is 2. The van der Waals surface area contributed by atoms with Crippen LogP contribution >= 0.6 is 0 Å². The Balaban J connectivity index is 1.45. The number of anilines is 1. The summed E-state index contributed by atoms with van der Waals surface area (Å²) in [5.74, 6) is 1.12. The molecule has 0 aromatic carbocycles. The topological polar surface area (TPSA) is 96.5 Å². The van der Waals surface area contributed by atoms with Gasteiger partial charge >= 0.3 is 6.03 Å². The molecule has 0 bridgehead atoms. The van der Waals surface area contributed by atoms with Crippen LogP contribution in [0.3, 0.4) is 0 Å². The number of pyridine rings is 1. The number of rotatable bonds is 4. The molecule has 0 radical (unpaired) electrons.